The van der Waals surface area contributed by atoms with E-state index in [1.54, 1.807) is 0 Å². The summed E-state index contributed by atoms with van der Waals surface area (Å²) in [6.45, 7) is 0. The number of benzene rings is 8. The summed E-state index contributed by atoms with van der Waals surface area (Å²) in [5.41, 5.74) is 11.1. The molecular weight excluding hydrogens is 558 g/mol. The molecular formula is C44H29NO. The third-order valence-corrected chi connectivity index (χ3v) is 9.03. The van der Waals surface area contributed by atoms with Gasteiger partial charge in [0.1, 0.15) is 11.2 Å². The minimum atomic E-state index is 0.889. The summed E-state index contributed by atoms with van der Waals surface area (Å²) in [6, 6.07) is 60.6. The first-order chi connectivity index (χ1) is 22.7. The van der Waals surface area contributed by atoms with Gasteiger partial charge in [-0.25, -0.2) is 0 Å². The molecule has 9 rings (SSSR count). The number of furan rings is 1. The van der Waals surface area contributed by atoms with Crippen LogP contribution in [0.1, 0.15) is 0 Å². The van der Waals surface area contributed by atoms with Crippen LogP contribution in [0.4, 0.5) is 11.4 Å². The highest BCUT2D eigenvalue weighted by Gasteiger charge is 2.08. The van der Waals surface area contributed by atoms with E-state index in [0.717, 1.165) is 33.3 Å². The molecule has 0 atom stereocenters. The molecule has 0 radical (unpaired) electrons. The average molecular weight is 588 g/mol. The molecule has 46 heavy (non-hydrogen) atoms. The van der Waals surface area contributed by atoms with Crippen molar-refractivity contribution < 1.29 is 4.42 Å². The monoisotopic (exact) mass is 587 g/mol. The van der Waals surface area contributed by atoms with Gasteiger partial charge in [0, 0.05) is 28.2 Å². The predicted octanol–water partition coefficient (Wildman–Crippen LogP) is 12.6. The first-order valence-corrected chi connectivity index (χ1v) is 15.7. The van der Waals surface area contributed by atoms with Crippen LogP contribution in [0.25, 0.3) is 76.9 Å². The highest BCUT2D eigenvalue weighted by molar-refractivity contribution is 6.05. The third kappa shape index (κ3) is 4.77. The fourth-order valence-corrected chi connectivity index (χ4v) is 6.55. The molecule has 2 nitrogen and oxygen atoms in total. The van der Waals surface area contributed by atoms with Crippen LogP contribution in [-0.2, 0) is 0 Å². The normalized spacial score (nSPS) is 11.5. The SMILES string of the molecule is c1ccc2cc(-c3ccc4cc(-c5ccc(-c6ccc(Nc7ccc8c(c7)oc7ccccc78)cc6)cc5)ccc4c3)ccc2c1. The number of fused-ring (bicyclic) bond motifs is 5. The Balaban J connectivity index is 0.920. The number of rotatable bonds is 5. The summed E-state index contributed by atoms with van der Waals surface area (Å²) in [5.74, 6) is 0. The quantitative estimate of drug-likeness (QED) is 0.217. The molecule has 0 bridgehead atoms. The molecule has 0 aliphatic heterocycles. The third-order valence-electron chi connectivity index (χ3n) is 9.03. The second-order valence-corrected chi connectivity index (χ2v) is 11.9. The van der Waals surface area contributed by atoms with E-state index in [2.05, 4.69) is 157 Å². The second-order valence-electron chi connectivity index (χ2n) is 11.9. The Morgan fingerprint density at radius 1 is 0.304 bits per heavy atom. The fourth-order valence-electron chi connectivity index (χ4n) is 6.55. The van der Waals surface area contributed by atoms with E-state index in [1.807, 2.05) is 18.2 Å². The van der Waals surface area contributed by atoms with E-state index in [-0.39, 0.29) is 0 Å². The van der Waals surface area contributed by atoms with Crippen molar-refractivity contribution in [1.29, 1.82) is 0 Å². The van der Waals surface area contributed by atoms with Crippen LogP contribution >= 0.6 is 0 Å². The molecule has 9 aromatic rings. The second kappa shape index (κ2) is 10.8. The van der Waals surface area contributed by atoms with Crippen molar-refractivity contribution in [2.45, 2.75) is 0 Å². The molecule has 2 heteroatoms. The van der Waals surface area contributed by atoms with Crippen LogP contribution in [-0.4, -0.2) is 0 Å². The minimum absolute atomic E-state index is 0.889. The minimum Gasteiger partial charge on any atom is -0.456 e. The van der Waals surface area contributed by atoms with Gasteiger partial charge in [0.15, 0.2) is 0 Å². The molecule has 0 unspecified atom stereocenters. The van der Waals surface area contributed by atoms with Crippen LogP contribution in [0, 0.1) is 0 Å². The van der Waals surface area contributed by atoms with Crippen LogP contribution in [0.5, 0.6) is 0 Å². The summed E-state index contributed by atoms with van der Waals surface area (Å²) in [7, 11) is 0. The van der Waals surface area contributed by atoms with Crippen LogP contribution < -0.4 is 5.32 Å². The van der Waals surface area contributed by atoms with Crippen molar-refractivity contribution in [2.24, 2.45) is 0 Å². The molecule has 1 heterocycles. The van der Waals surface area contributed by atoms with Crippen molar-refractivity contribution >= 4 is 54.9 Å². The Labute approximate surface area is 267 Å². The zero-order valence-corrected chi connectivity index (χ0v) is 25.1. The lowest BCUT2D eigenvalue weighted by Gasteiger charge is -2.10. The molecule has 1 aromatic heterocycles. The lowest BCUT2D eigenvalue weighted by atomic mass is 9.96. The van der Waals surface area contributed by atoms with Gasteiger partial charge in [-0.05, 0) is 103 Å². The Morgan fingerprint density at radius 2 is 0.761 bits per heavy atom. The maximum Gasteiger partial charge on any atom is 0.137 e. The van der Waals surface area contributed by atoms with Crippen molar-refractivity contribution in [1.82, 2.24) is 0 Å². The summed E-state index contributed by atoms with van der Waals surface area (Å²) >= 11 is 0. The fraction of sp³-hybridized carbons (Fsp3) is 0. The Morgan fingerprint density at radius 3 is 1.46 bits per heavy atom. The van der Waals surface area contributed by atoms with Gasteiger partial charge in [-0.15, -0.1) is 0 Å². The first kappa shape index (κ1) is 26.3. The van der Waals surface area contributed by atoms with E-state index in [1.165, 1.54) is 54.9 Å². The van der Waals surface area contributed by atoms with E-state index >= 15 is 0 Å². The standard InChI is InChI=1S/C44H29NO/c1-2-6-33-25-35(14-13-29(33)5-1)38-18-17-36-26-34(15-16-37(36)27-38)32-11-9-30(10-12-32)31-19-21-39(22-20-31)45-40-23-24-42-41-7-3-4-8-43(41)46-44(42)28-40/h1-28,45H. The molecule has 0 fully saturated rings. The highest BCUT2D eigenvalue weighted by atomic mass is 16.3. The molecule has 0 aliphatic rings. The maximum atomic E-state index is 6.06. The van der Waals surface area contributed by atoms with Crippen LogP contribution in [0.3, 0.4) is 0 Å². The number of hydrogen-bond donors (Lipinski definition) is 1. The number of anilines is 2. The molecule has 216 valence electrons. The van der Waals surface area contributed by atoms with Gasteiger partial charge in [0.2, 0.25) is 0 Å². The van der Waals surface area contributed by atoms with Gasteiger partial charge in [0.25, 0.3) is 0 Å². The lowest BCUT2D eigenvalue weighted by Crippen LogP contribution is -1.90. The zero-order chi connectivity index (χ0) is 30.5. The van der Waals surface area contributed by atoms with Crippen molar-refractivity contribution in [2.75, 3.05) is 5.32 Å². The lowest BCUT2D eigenvalue weighted by molar-refractivity contribution is 0.669. The van der Waals surface area contributed by atoms with Gasteiger partial charge in [-0.1, -0.05) is 115 Å². The largest absolute Gasteiger partial charge is 0.456 e. The number of hydrogen-bond acceptors (Lipinski definition) is 2. The van der Waals surface area contributed by atoms with Gasteiger partial charge < -0.3 is 9.73 Å². The molecule has 1 N–H and O–H groups in total. The molecule has 8 aromatic carbocycles. The predicted molar refractivity (Wildman–Crippen MR) is 195 cm³/mol. The van der Waals surface area contributed by atoms with E-state index in [9.17, 15) is 0 Å². The van der Waals surface area contributed by atoms with Gasteiger partial charge in [-0.3, -0.25) is 0 Å². The molecule has 0 aliphatic carbocycles. The summed E-state index contributed by atoms with van der Waals surface area (Å²) in [5, 5.41) is 10.8. The topological polar surface area (TPSA) is 25.2 Å². The summed E-state index contributed by atoms with van der Waals surface area (Å²) in [4.78, 5) is 0. The van der Waals surface area contributed by atoms with Crippen LogP contribution in [0.15, 0.2) is 174 Å². The van der Waals surface area contributed by atoms with E-state index < -0.39 is 0 Å². The number of nitrogens with one attached hydrogen (secondary N) is 1. The van der Waals surface area contributed by atoms with E-state index in [0.29, 0.717) is 0 Å². The van der Waals surface area contributed by atoms with Crippen LogP contribution in [0.2, 0.25) is 0 Å². The molecule has 0 spiro atoms. The van der Waals surface area contributed by atoms with Crippen molar-refractivity contribution in [3.63, 3.8) is 0 Å². The summed E-state index contributed by atoms with van der Waals surface area (Å²) in [6.07, 6.45) is 0. The van der Waals surface area contributed by atoms with Crippen molar-refractivity contribution in [3.8, 4) is 33.4 Å². The van der Waals surface area contributed by atoms with Gasteiger partial charge >= 0.3 is 0 Å². The maximum absolute atomic E-state index is 6.06. The summed E-state index contributed by atoms with van der Waals surface area (Å²) < 4.78 is 6.06. The molecule has 0 saturated heterocycles. The first-order valence-electron chi connectivity index (χ1n) is 15.7. The highest BCUT2D eigenvalue weighted by Crippen LogP contribution is 2.33. The van der Waals surface area contributed by atoms with E-state index in [4.69, 9.17) is 4.42 Å². The van der Waals surface area contributed by atoms with Gasteiger partial charge in [0.05, 0.1) is 0 Å². The Bertz CT molecular complexity index is 2540. The number of para-hydroxylation sites is 1. The molecule has 0 amide bonds. The zero-order valence-electron chi connectivity index (χ0n) is 25.1. The van der Waals surface area contributed by atoms with Crippen molar-refractivity contribution in [3.05, 3.63) is 170 Å². The Hall–Kier alpha value is -6.12. The average Bonchev–Trinajstić information content (AvgIpc) is 3.49. The van der Waals surface area contributed by atoms with Gasteiger partial charge in [-0.2, -0.15) is 0 Å². The smallest absolute Gasteiger partial charge is 0.137 e. The Kier molecular flexibility index (Phi) is 6.17. The molecule has 0 saturated carbocycles.